The van der Waals surface area contributed by atoms with Gasteiger partial charge in [0.1, 0.15) is 11.3 Å². The van der Waals surface area contributed by atoms with Crippen LogP contribution in [0.5, 0.6) is 0 Å². The van der Waals surface area contributed by atoms with Crippen LogP contribution in [-0.2, 0) is 9.47 Å². The Balaban J connectivity index is 2.02. The van der Waals surface area contributed by atoms with Crippen molar-refractivity contribution in [2.75, 3.05) is 45.9 Å². The minimum Gasteiger partial charge on any atom is -0.444 e. The van der Waals surface area contributed by atoms with Gasteiger partial charge < -0.3 is 19.7 Å². The lowest BCUT2D eigenvalue weighted by atomic mass is 10.2. The number of nitrogens with zero attached hydrogens (tertiary/aromatic N) is 3. The van der Waals surface area contributed by atoms with Crippen LogP contribution >= 0.6 is 0 Å². The van der Waals surface area contributed by atoms with E-state index in [9.17, 15) is 9.59 Å². The van der Waals surface area contributed by atoms with Crippen molar-refractivity contribution >= 4 is 12.0 Å². The predicted molar refractivity (Wildman–Crippen MR) is 111 cm³/mol. The number of pyridine rings is 1. The van der Waals surface area contributed by atoms with Crippen LogP contribution in [0.25, 0.3) is 0 Å². The topological polar surface area (TPSA) is 84.0 Å². The van der Waals surface area contributed by atoms with Crippen molar-refractivity contribution < 1.29 is 19.1 Å². The second kappa shape index (κ2) is 10.5. The molecular weight excluding hydrogens is 372 g/mol. The molecule has 0 spiro atoms. The molecule has 1 aliphatic heterocycles. The molecule has 0 radical (unpaired) electrons. The van der Waals surface area contributed by atoms with Gasteiger partial charge in [-0.2, -0.15) is 0 Å². The molecule has 1 aromatic heterocycles. The van der Waals surface area contributed by atoms with Crippen molar-refractivity contribution in [3.05, 3.63) is 29.6 Å². The number of rotatable bonds is 7. The van der Waals surface area contributed by atoms with Gasteiger partial charge in [-0.15, -0.1) is 0 Å². The number of carbonyl (C=O) groups is 2. The minimum absolute atomic E-state index is 0.139. The zero-order valence-electron chi connectivity index (χ0n) is 18.2. The lowest BCUT2D eigenvalue weighted by Crippen LogP contribution is -2.48. The van der Waals surface area contributed by atoms with E-state index >= 15 is 0 Å². The molecule has 0 unspecified atom stereocenters. The van der Waals surface area contributed by atoms with Gasteiger partial charge >= 0.3 is 6.09 Å². The molecule has 29 heavy (non-hydrogen) atoms. The molecule has 2 rings (SSSR count). The Bertz CT molecular complexity index is 684. The molecule has 0 aromatic carbocycles. The third-order valence-electron chi connectivity index (χ3n) is 4.44. The van der Waals surface area contributed by atoms with Gasteiger partial charge in [-0.1, -0.05) is 6.07 Å². The van der Waals surface area contributed by atoms with Gasteiger partial charge in [-0.3, -0.25) is 9.69 Å². The number of hydrogen-bond donors (Lipinski definition) is 1. The first-order valence-corrected chi connectivity index (χ1v) is 10.2. The number of carbonyl (C=O) groups excluding carboxylic acids is 2. The smallest absolute Gasteiger partial charge is 0.407 e. The SMILES string of the molecule is Cc1cccc(C(=O)N(CCN2CCOCC2)C[C@@H](C)NC(=O)OC(C)(C)C)n1. The van der Waals surface area contributed by atoms with Crippen LogP contribution in [0.2, 0.25) is 0 Å². The number of aryl methyl sites for hydroxylation is 1. The van der Waals surface area contributed by atoms with Crippen molar-refractivity contribution in [1.29, 1.82) is 0 Å². The van der Waals surface area contributed by atoms with E-state index in [1.165, 1.54) is 0 Å². The molecule has 8 nitrogen and oxygen atoms in total. The van der Waals surface area contributed by atoms with Crippen LogP contribution in [0.1, 0.15) is 43.9 Å². The first-order valence-electron chi connectivity index (χ1n) is 10.2. The van der Waals surface area contributed by atoms with Crippen LogP contribution in [-0.4, -0.2) is 84.4 Å². The Morgan fingerprint density at radius 3 is 2.62 bits per heavy atom. The first-order chi connectivity index (χ1) is 13.6. The molecule has 1 N–H and O–H groups in total. The normalized spacial score (nSPS) is 16.2. The van der Waals surface area contributed by atoms with Crippen LogP contribution < -0.4 is 5.32 Å². The number of ether oxygens (including phenoxy) is 2. The lowest BCUT2D eigenvalue weighted by Gasteiger charge is -2.31. The van der Waals surface area contributed by atoms with E-state index in [2.05, 4.69) is 15.2 Å². The molecule has 162 valence electrons. The lowest BCUT2D eigenvalue weighted by molar-refractivity contribution is 0.0311. The zero-order valence-corrected chi connectivity index (χ0v) is 18.2. The van der Waals surface area contributed by atoms with Crippen LogP contribution in [0.15, 0.2) is 18.2 Å². The fourth-order valence-corrected chi connectivity index (χ4v) is 3.07. The second-order valence-corrected chi connectivity index (χ2v) is 8.42. The molecule has 2 amide bonds. The fraction of sp³-hybridized carbons (Fsp3) is 0.667. The van der Waals surface area contributed by atoms with E-state index in [0.29, 0.717) is 32.0 Å². The van der Waals surface area contributed by atoms with E-state index in [4.69, 9.17) is 9.47 Å². The molecule has 0 saturated carbocycles. The summed E-state index contributed by atoms with van der Waals surface area (Å²) in [7, 11) is 0. The standard InChI is InChI=1S/C21H34N4O4/c1-16-7-6-8-18(22-16)19(26)25(10-9-24-11-13-28-14-12-24)15-17(2)23-20(27)29-21(3,4)5/h6-8,17H,9-15H2,1-5H3,(H,23,27)/t17-/m1/s1. The van der Waals surface area contributed by atoms with Gasteiger partial charge in [0.05, 0.1) is 13.2 Å². The number of morpholine rings is 1. The van der Waals surface area contributed by atoms with Gasteiger partial charge in [0.25, 0.3) is 5.91 Å². The van der Waals surface area contributed by atoms with Crippen molar-refractivity contribution in [3.8, 4) is 0 Å². The quantitative estimate of drug-likeness (QED) is 0.746. The summed E-state index contributed by atoms with van der Waals surface area (Å²) in [6.07, 6.45) is -0.487. The molecular formula is C21H34N4O4. The highest BCUT2D eigenvalue weighted by atomic mass is 16.6. The summed E-state index contributed by atoms with van der Waals surface area (Å²) in [5.74, 6) is -0.139. The molecule has 2 heterocycles. The Kier molecular flexibility index (Phi) is 8.40. The molecule has 1 atom stereocenters. The van der Waals surface area contributed by atoms with Crippen LogP contribution in [0, 0.1) is 6.92 Å². The molecule has 1 aromatic rings. The summed E-state index contributed by atoms with van der Waals surface area (Å²) in [4.78, 5) is 33.6. The monoisotopic (exact) mass is 406 g/mol. The summed E-state index contributed by atoms with van der Waals surface area (Å²) in [5, 5.41) is 2.81. The van der Waals surface area contributed by atoms with Crippen molar-refractivity contribution in [2.45, 2.75) is 46.3 Å². The highest BCUT2D eigenvalue weighted by molar-refractivity contribution is 5.92. The average Bonchev–Trinajstić information content (AvgIpc) is 2.63. The number of aromatic nitrogens is 1. The van der Waals surface area contributed by atoms with E-state index in [1.54, 1.807) is 11.0 Å². The third kappa shape index (κ3) is 8.37. The number of nitrogens with one attached hydrogen (secondary N) is 1. The summed E-state index contributed by atoms with van der Waals surface area (Å²) >= 11 is 0. The summed E-state index contributed by atoms with van der Waals surface area (Å²) < 4.78 is 10.7. The maximum Gasteiger partial charge on any atom is 0.407 e. The molecule has 8 heteroatoms. The third-order valence-corrected chi connectivity index (χ3v) is 4.44. The van der Waals surface area contributed by atoms with Crippen molar-refractivity contribution in [1.82, 2.24) is 20.1 Å². The highest BCUT2D eigenvalue weighted by Crippen LogP contribution is 2.09. The largest absolute Gasteiger partial charge is 0.444 e. The fourth-order valence-electron chi connectivity index (χ4n) is 3.07. The van der Waals surface area contributed by atoms with Gasteiger partial charge in [0.15, 0.2) is 0 Å². The van der Waals surface area contributed by atoms with Crippen LogP contribution in [0.4, 0.5) is 4.79 Å². The second-order valence-electron chi connectivity index (χ2n) is 8.42. The number of amides is 2. The van der Waals surface area contributed by atoms with E-state index in [-0.39, 0.29) is 11.9 Å². The zero-order chi connectivity index (χ0) is 21.4. The number of alkyl carbamates (subject to hydrolysis) is 1. The van der Waals surface area contributed by atoms with Crippen LogP contribution in [0.3, 0.4) is 0 Å². The van der Waals surface area contributed by atoms with Gasteiger partial charge in [-0.05, 0) is 46.8 Å². The maximum absolute atomic E-state index is 13.1. The molecule has 1 aliphatic rings. The Morgan fingerprint density at radius 1 is 1.31 bits per heavy atom. The van der Waals surface area contributed by atoms with E-state index < -0.39 is 11.7 Å². The molecule has 0 bridgehead atoms. The van der Waals surface area contributed by atoms with E-state index in [0.717, 1.165) is 25.3 Å². The Morgan fingerprint density at radius 2 is 2.00 bits per heavy atom. The molecule has 1 fully saturated rings. The van der Waals surface area contributed by atoms with Gasteiger partial charge in [0.2, 0.25) is 0 Å². The Hall–Kier alpha value is -2.19. The summed E-state index contributed by atoms with van der Waals surface area (Å²) in [6.45, 7) is 14.0. The molecule has 1 saturated heterocycles. The van der Waals surface area contributed by atoms with Gasteiger partial charge in [0, 0.05) is 44.5 Å². The minimum atomic E-state index is -0.568. The van der Waals surface area contributed by atoms with Crippen molar-refractivity contribution in [3.63, 3.8) is 0 Å². The molecule has 0 aliphatic carbocycles. The summed E-state index contributed by atoms with van der Waals surface area (Å²) in [6, 6.07) is 5.16. The van der Waals surface area contributed by atoms with E-state index in [1.807, 2.05) is 46.8 Å². The Labute approximate surface area is 173 Å². The first kappa shape index (κ1) is 23.1. The maximum atomic E-state index is 13.1. The average molecular weight is 407 g/mol. The van der Waals surface area contributed by atoms with Crippen molar-refractivity contribution in [2.24, 2.45) is 0 Å². The predicted octanol–water partition coefficient (Wildman–Crippen LogP) is 2.08. The van der Waals surface area contributed by atoms with Gasteiger partial charge in [-0.25, -0.2) is 9.78 Å². The highest BCUT2D eigenvalue weighted by Gasteiger charge is 2.23. The number of hydrogen-bond acceptors (Lipinski definition) is 6. The summed E-state index contributed by atoms with van der Waals surface area (Å²) in [5.41, 5.74) is 0.640.